The number of morpholine rings is 1. The number of rotatable bonds is 6. The van der Waals surface area contributed by atoms with Crippen LogP contribution in [0.1, 0.15) is 0 Å². The summed E-state index contributed by atoms with van der Waals surface area (Å²) in [6.45, 7) is 0.910. The van der Waals surface area contributed by atoms with Gasteiger partial charge < -0.3 is 14.8 Å². The number of amides is 1. The molecule has 1 heterocycles. The van der Waals surface area contributed by atoms with Gasteiger partial charge in [-0.25, -0.2) is 8.42 Å². The van der Waals surface area contributed by atoms with Gasteiger partial charge in [-0.2, -0.15) is 4.31 Å². The number of anilines is 1. The minimum absolute atomic E-state index is 0.0481. The summed E-state index contributed by atoms with van der Waals surface area (Å²) in [5.74, 6) is -0.296. The van der Waals surface area contributed by atoms with E-state index >= 15 is 0 Å². The van der Waals surface area contributed by atoms with Crippen molar-refractivity contribution in [2.75, 3.05) is 38.2 Å². The highest BCUT2D eigenvalue weighted by atomic mass is 35.5. The van der Waals surface area contributed by atoms with Crippen LogP contribution >= 0.6 is 34.8 Å². The summed E-state index contributed by atoms with van der Waals surface area (Å²) in [4.78, 5) is 12.1. The van der Waals surface area contributed by atoms with Crippen LogP contribution in [0.25, 0.3) is 0 Å². The quantitative estimate of drug-likeness (QED) is 0.683. The Labute approximate surface area is 183 Å². The lowest BCUT2D eigenvalue weighted by Crippen LogP contribution is -2.40. The average molecular weight is 480 g/mol. The highest BCUT2D eigenvalue weighted by Crippen LogP contribution is 2.30. The summed E-state index contributed by atoms with van der Waals surface area (Å²) in [6, 6.07) is 8.95. The molecule has 2 aromatic carbocycles. The van der Waals surface area contributed by atoms with E-state index in [2.05, 4.69) is 5.32 Å². The van der Waals surface area contributed by atoms with Gasteiger partial charge in [0.2, 0.25) is 10.0 Å². The van der Waals surface area contributed by atoms with Crippen LogP contribution in [0.15, 0.2) is 41.3 Å². The number of hydrogen-bond acceptors (Lipinski definition) is 5. The molecule has 1 aliphatic heterocycles. The SMILES string of the molecule is O=C(COc1ccc(S(=O)(=O)N2CCOCC2)cc1Cl)Nc1cccc(Cl)c1Cl. The molecule has 0 bridgehead atoms. The van der Waals surface area contributed by atoms with Crippen molar-refractivity contribution in [1.82, 2.24) is 4.31 Å². The molecule has 1 aliphatic rings. The van der Waals surface area contributed by atoms with Crippen LogP contribution in [-0.2, 0) is 19.6 Å². The second-order valence-electron chi connectivity index (χ2n) is 6.05. The average Bonchev–Trinajstić information content (AvgIpc) is 2.71. The lowest BCUT2D eigenvalue weighted by atomic mass is 10.3. The monoisotopic (exact) mass is 478 g/mol. The van der Waals surface area contributed by atoms with E-state index < -0.39 is 15.9 Å². The summed E-state index contributed by atoms with van der Waals surface area (Å²) >= 11 is 18.1. The van der Waals surface area contributed by atoms with Crippen LogP contribution in [0.3, 0.4) is 0 Å². The van der Waals surface area contributed by atoms with E-state index in [1.807, 2.05) is 0 Å². The molecule has 1 N–H and O–H groups in total. The third kappa shape index (κ3) is 5.33. The normalized spacial score (nSPS) is 15.1. The standard InChI is InChI=1S/C18H17Cl3N2O5S/c19-13-2-1-3-15(18(13)21)22-17(24)11-28-16-5-4-12(10-14(16)20)29(25,26)23-6-8-27-9-7-23/h1-5,10H,6-9,11H2,(H,22,24). The van der Waals surface area contributed by atoms with Gasteiger partial charge in [0.25, 0.3) is 5.91 Å². The van der Waals surface area contributed by atoms with Gasteiger partial charge in [-0.3, -0.25) is 4.79 Å². The zero-order valence-corrected chi connectivity index (χ0v) is 18.1. The van der Waals surface area contributed by atoms with Crippen molar-refractivity contribution in [3.63, 3.8) is 0 Å². The van der Waals surface area contributed by atoms with Crippen molar-refractivity contribution >= 4 is 56.4 Å². The number of carbonyl (C=O) groups is 1. The maximum Gasteiger partial charge on any atom is 0.262 e. The second kappa shape index (κ2) is 9.51. The maximum atomic E-state index is 12.7. The zero-order valence-electron chi connectivity index (χ0n) is 15.0. The number of nitrogens with zero attached hydrogens (tertiary/aromatic N) is 1. The lowest BCUT2D eigenvalue weighted by Gasteiger charge is -2.26. The number of nitrogens with one attached hydrogen (secondary N) is 1. The molecule has 11 heteroatoms. The van der Waals surface area contributed by atoms with Crippen molar-refractivity contribution in [2.24, 2.45) is 0 Å². The molecule has 29 heavy (non-hydrogen) atoms. The van der Waals surface area contributed by atoms with Gasteiger partial charge in [-0.1, -0.05) is 40.9 Å². The Morgan fingerprint density at radius 1 is 1.10 bits per heavy atom. The molecule has 0 aromatic heterocycles. The second-order valence-corrected chi connectivity index (χ2v) is 9.18. The first-order valence-electron chi connectivity index (χ1n) is 8.53. The predicted molar refractivity (Wildman–Crippen MR) is 112 cm³/mol. The van der Waals surface area contributed by atoms with E-state index in [1.54, 1.807) is 18.2 Å². The number of halogens is 3. The molecule has 0 atom stereocenters. The smallest absolute Gasteiger partial charge is 0.262 e. The van der Waals surface area contributed by atoms with Crippen LogP contribution in [0, 0.1) is 0 Å². The van der Waals surface area contributed by atoms with Crippen LogP contribution < -0.4 is 10.1 Å². The van der Waals surface area contributed by atoms with Gasteiger partial charge in [-0.05, 0) is 30.3 Å². The van der Waals surface area contributed by atoms with E-state index in [4.69, 9.17) is 44.3 Å². The van der Waals surface area contributed by atoms with Crippen molar-refractivity contribution in [1.29, 1.82) is 0 Å². The fraction of sp³-hybridized carbons (Fsp3) is 0.278. The van der Waals surface area contributed by atoms with Crippen molar-refractivity contribution < 1.29 is 22.7 Å². The van der Waals surface area contributed by atoms with E-state index in [0.717, 1.165) is 0 Å². The fourth-order valence-corrected chi connectivity index (χ4v) is 4.71. The Balaban J connectivity index is 1.65. The minimum Gasteiger partial charge on any atom is -0.482 e. The van der Waals surface area contributed by atoms with Crippen LogP contribution in [-0.4, -0.2) is 51.5 Å². The highest BCUT2D eigenvalue weighted by Gasteiger charge is 2.27. The Morgan fingerprint density at radius 2 is 1.83 bits per heavy atom. The van der Waals surface area contributed by atoms with E-state index in [0.29, 0.717) is 23.9 Å². The predicted octanol–water partition coefficient (Wildman–Crippen LogP) is 3.69. The first-order chi connectivity index (χ1) is 13.8. The highest BCUT2D eigenvalue weighted by molar-refractivity contribution is 7.89. The van der Waals surface area contributed by atoms with Gasteiger partial charge in [0.05, 0.1) is 38.9 Å². The molecule has 0 saturated carbocycles. The molecular formula is C18H17Cl3N2O5S. The van der Waals surface area contributed by atoms with Gasteiger partial charge in [-0.15, -0.1) is 0 Å². The van der Waals surface area contributed by atoms with Gasteiger partial charge in [0.1, 0.15) is 5.75 Å². The van der Waals surface area contributed by atoms with Gasteiger partial charge in [0.15, 0.2) is 6.61 Å². The summed E-state index contributed by atoms with van der Waals surface area (Å²) in [5.41, 5.74) is 0.353. The molecule has 0 unspecified atom stereocenters. The van der Waals surface area contributed by atoms with Crippen LogP contribution in [0.4, 0.5) is 5.69 Å². The Hall–Kier alpha value is -1.55. The number of benzene rings is 2. The summed E-state index contributed by atoms with van der Waals surface area (Å²) in [7, 11) is -3.68. The van der Waals surface area contributed by atoms with Crippen LogP contribution in [0.5, 0.6) is 5.75 Å². The third-order valence-corrected chi connectivity index (χ3v) is 7.10. The molecule has 0 spiro atoms. The summed E-state index contributed by atoms with van der Waals surface area (Å²) in [6.07, 6.45) is 0. The van der Waals surface area contributed by atoms with Gasteiger partial charge >= 0.3 is 0 Å². The Kier molecular flexibility index (Phi) is 7.26. The first-order valence-corrected chi connectivity index (χ1v) is 11.1. The minimum atomic E-state index is -3.68. The summed E-state index contributed by atoms with van der Waals surface area (Å²) in [5, 5.41) is 3.19. The number of sulfonamides is 1. The molecule has 0 radical (unpaired) electrons. The van der Waals surface area contributed by atoms with E-state index in [-0.39, 0.29) is 40.4 Å². The fourth-order valence-electron chi connectivity index (χ4n) is 2.63. The molecule has 0 aliphatic carbocycles. The number of hydrogen-bond donors (Lipinski definition) is 1. The molecule has 2 aromatic rings. The zero-order chi connectivity index (χ0) is 21.0. The molecule has 1 amide bonds. The van der Waals surface area contributed by atoms with Crippen molar-refractivity contribution in [2.45, 2.75) is 4.90 Å². The van der Waals surface area contributed by atoms with Gasteiger partial charge in [0, 0.05) is 13.1 Å². The van der Waals surface area contributed by atoms with Crippen molar-refractivity contribution in [3.8, 4) is 5.75 Å². The molecule has 1 saturated heterocycles. The Bertz CT molecular complexity index is 1010. The lowest BCUT2D eigenvalue weighted by molar-refractivity contribution is -0.118. The Morgan fingerprint density at radius 3 is 2.52 bits per heavy atom. The number of ether oxygens (including phenoxy) is 2. The maximum absolute atomic E-state index is 12.7. The van der Waals surface area contributed by atoms with Crippen molar-refractivity contribution in [3.05, 3.63) is 51.5 Å². The molecular weight excluding hydrogens is 463 g/mol. The molecule has 7 nitrogen and oxygen atoms in total. The molecule has 1 fully saturated rings. The van der Waals surface area contributed by atoms with E-state index in [1.165, 1.54) is 22.5 Å². The topological polar surface area (TPSA) is 84.9 Å². The largest absolute Gasteiger partial charge is 0.482 e. The van der Waals surface area contributed by atoms with Crippen LogP contribution in [0.2, 0.25) is 15.1 Å². The first kappa shape index (κ1) is 22.1. The molecule has 3 rings (SSSR count). The number of carbonyl (C=O) groups excluding carboxylic acids is 1. The van der Waals surface area contributed by atoms with E-state index in [9.17, 15) is 13.2 Å². The molecule has 156 valence electrons. The third-order valence-electron chi connectivity index (χ3n) is 4.10. The summed E-state index contributed by atoms with van der Waals surface area (Å²) < 4.78 is 37.2.